The van der Waals surface area contributed by atoms with Crippen molar-refractivity contribution in [1.82, 2.24) is 4.98 Å². The Hall–Kier alpha value is -1.03. The first kappa shape index (κ1) is 11.0. The standard InChI is InChI=1S/C9H8ClF2NO/c1-2-9(11,12)6-3-4-7(8(10)14)13-5-6/h3-5H,2H2,1H3. The molecule has 0 saturated carbocycles. The minimum Gasteiger partial charge on any atom is -0.274 e. The molecule has 0 aliphatic rings. The number of hydrogen-bond donors (Lipinski definition) is 0. The van der Waals surface area contributed by atoms with E-state index < -0.39 is 11.2 Å². The van der Waals surface area contributed by atoms with E-state index >= 15 is 0 Å². The van der Waals surface area contributed by atoms with Gasteiger partial charge in [-0.3, -0.25) is 9.78 Å². The molecule has 0 amide bonds. The summed E-state index contributed by atoms with van der Waals surface area (Å²) in [6.45, 7) is 1.38. The third-order valence-corrected chi connectivity index (χ3v) is 2.02. The summed E-state index contributed by atoms with van der Waals surface area (Å²) in [6, 6.07) is 2.35. The molecule has 2 nitrogen and oxygen atoms in total. The van der Waals surface area contributed by atoms with Gasteiger partial charge in [-0.05, 0) is 23.7 Å². The van der Waals surface area contributed by atoms with Crippen LogP contribution in [0.15, 0.2) is 18.3 Å². The van der Waals surface area contributed by atoms with Crippen LogP contribution in [-0.4, -0.2) is 10.2 Å². The van der Waals surface area contributed by atoms with Gasteiger partial charge in [0.1, 0.15) is 5.69 Å². The zero-order valence-electron chi connectivity index (χ0n) is 7.43. The van der Waals surface area contributed by atoms with Gasteiger partial charge in [-0.2, -0.15) is 0 Å². The van der Waals surface area contributed by atoms with E-state index in [1.165, 1.54) is 13.0 Å². The lowest BCUT2D eigenvalue weighted by atomic mass is 10.1. The zero-order valence-corrected chi connectivity index (χ0v) is 8.18. The van der Waals surface area contributed by atoms with Crippen molar-refractivity contribution in [3.8, 4) is 0 Å². The van der Waals surface area contributed by atoms with Gasteiger partial charge in [0.25, 0.3) is 11.2 Å². The van der Waals surface area contributed by atoms with E-state index in [9.17, 15) is 13.6 Å². The summed E-state index contributed by atoms with van der Waals surface area (Å²) >= 11 is 5.11. The highest BCUT2D eigenvalue weighted by atomic mass is 35.5. The molecule has 1 heterocycles. The Balaban J connectivity index is 2.99. The third-order valence-electron chi connectivity index (χ3n) is 1.83. The van der Waals surface area contributed by atoms with Crippen molar-refractivity contribution in [3.63, 3.8) is 0 Å². The lowest BCUT2D eigenvalue weighted by Crippen LogP contribution is -2.12. The largest absolute Gasteiger partial charge is 0.274 e. The second-order valence-corrected chi connectivity index (χ2v) is 3.11. The molecule has 0 N–H and O–H groups in total. The average molecular weight is 220 g/mol. The van der Waals surface area contributed by atoms with Crippen molar-refractivity contribution < 1.29 is 13.6 Å². The summed E-state index contributed by atoms with van der Waals surface area (Å²) in [5, 5.41) is -0.753. The fraction of sp³-hybridized carbons (Fsp3) is 0.333. The first-order chi connectivity index (χ1) is 6.47. The van der Waals surface area contributed by atoms with Crippen molar-refractivity contribution in [2.75, 3.05) is 0 Å². The Morgan fingerprint density at radius 1 is 1.57 bits per heavy atom. The van der Waals surface area contributed by atoms with Gasteiger partial charge in [-0.15, -0.1) is 0 Å². The number of rotatable bonds is 3. The summed E-state index contributed by atoms with van der Waals surface area (Å²) in [5.41, 5.74) is -0.232. The normalized spacial score (nSPS) is 11.4. The van der Waals surface area contributed by atoms with Crippen LogP contribution in [0.3, 0.4) is 0 Å². The number of nitrogens with zero attached hydrogens (tertiary/aromatic N) is 1. The Kier molecular flexibility index (Phi) is 3.16. The van der Waals surface area contributed by atoms with Gasteiger partial charge >= 0.3 is 0 Å². The third kappa shape index (κ3) is 2.26. The Bertz CT molecular complexity index is 337. The maximum Gasteiger partial charge on any atom is 0.274 e. The summed E-state index contributed by atoms with van der Waals surface area (Å²) < 4.78 is 26.1. The molecule has 14 heavy (non-hydrogen) atoms. The predicted octanol–water partition coefficient (Wildman–Crippen LogP) is 2.96. The zero-order chi connectivity index (χ0) is 10.8. The van der Waals surface area contributed by atoms with Crippen LogP contribution in [-0.2, 0) is 5.92 Å². The van der Waals surface area contributed by atoms with Gasteiger partial charge in [-0.1, -0.05) is 6.92 Å². The molecule has 1 aromatic heterocycles. The van der Waals surface area contributed by atoms with Crippen LogP contribution < -0.4 is 0 Å². The monoisotopic (exact) mass is 219 g/mol. The molecule has 76 valence electrons. The lowest BCUT2D eigenvalue weighted by molar-refractivity contribution is -0.00864. The average Bonchev–Trinajstić information content (AvgIpc) is 2.18. The minimum atomic E-state index is -2.90. The maximum absolute atomic E-state index is 13.1. The number of carbonyl (C=O) groups is 1. The van der Waals surface area contributed by atoms with E-state index in [1.54, 1.807) is 0 Å². The highest BCUT2D eigenvalue weighted by Crippen LogP contribution is 2.30. The predicted molar refractivity (Wildman–Crippen MR) is 48.6 cm³/mol. The number of carbonyl (C=O) groups excluding carboxylic acids is 1. The van der Waals surface area contributed by atoms with Crippen molar-refractivity contribution in [1.29, 1.82) is 0 Å². The van der Waals surface area contributed by atoms with Crippen LogP contribution in [0, 0.1) is 0 Å². The first-order valence-corrected chi connectivity index (χ1v) is 4.39. The molecule has 0 spiro atoms. The van der Waals surface area contributed by atoms with E-state index in [2.05, 4.69) is 4.98 Å². The van der Waals surface area contributed by atoms with Crippen LogP contribution in [0.25, 0.3) is 0 Å². The molecular weight excluding hydrogens is 212 g/mol. The Morgan fingerprint density at radius 2 is 2.21 bits per heavy atom. The van der Waals surface area contributed by atoms with Crippen molar-refractivity contribution in [2.45, 2.75) is 19.3 Å². The van der Waals surface area contributed by atoms with Gasteiger partial charge in [0.2, 0.25) is 0 Å². The lowest BCUT2D eigenvalue weighted by Gasteiger charge is -2.13. The quantitative estimate of drug-likeness (QED) is 0.732. The topological polar surface area (TPSA) is 30.0 Å². The molecule has 0 aliphatic carbocycles. The van der Waals surface area contributed by atoms with Crippen LogP contribution in [0.1, 0.15) is 29.4 Å². The number of aromatic nitrogens is 1. The minimum absolute atomic E-state index is 0.0256. The molecule has 0 atom stereocenters. The smallest absolute Gasteiger partial charge is 0.274 e. The SMILES string of the molecule is CCC(F)(F)c1ccc(C(=O)Cl)nc1. The molecule has 0 aromatic carbocycles. The molecular formula is C9H8ClF2NO. The Labute approximate surface area is 84.9 Å². The molecule has 0 aliphatic heterocycles. The van der Waals surface area contributed by atoms with Crippen molar-refractivity contribution in [2.24, 2.45) is 0 Å². The molecule has 0 radical (unpaired) electrons. The second kappa shape index (κ2) is 4.00. The molecule has 1 aromatic rings. The van der Waals surface area contributed by atoms with Gasteiger partial charge in [0.05, 0.1) is 0 Å². The summed E-state index contributed by atoms with van der Waals surface area (Å²) in [6.07, 6.45) is 0.669. The number of halogens is 3. The highest BCUT2D eigenvalue weighted by molar-refractivity contribution is 6.67. The van der Waals surface area contributed by atoms with E-state index in [0.717, 1.165) is 12.3 Å². The van der Waals surface area contributed by atoms with E-state index in [4.69, 9.17) is 11.6 Å². The first-order valence-electron chi connectivity index (χ1n) is 4.01. The van der Waals surface area contributed by atoms with E-state index in [-0.39, 0.29) is 17.7 Å². The maximum atomic E-state index is 13.1. The number of pyridine rings is 1. The fourth-order valence-electron chi connectivity index (χ4n) is 0.931. The van der Waals surface area contributed by atoms with Crippen LogP contribution >= 0.6 is 11.6 Å². The van der Waals surface area contributed by atoms with Gasteiger partial charge in [0.15, 0.2) is 0 Å². The van der Waals surface area contributed by atoms with Gasteiger partial charge < -0.3 is 0 Å². The van der Waals surface area contributed by atoms with Crippen LogP contribution in [0.4, 0.5) is 8.78 Å². The molecule has 0 bridgehead atoms. The van der Waals surface area contributed by atoms with Gasteiger partial charge in [-0.25, -0.2) is 8.78 Å². The van der Waals surface area contributed by atoms with Crippen LogP contribution in [0.5, 0.6) is 0 Å². The molecule has 0 saturated heterocycles. The highest BCUT2D eigenvalue weighted by Gasteiger charge is 2.29. The van der Waals surface area contributed by atoms with Gasteiger partial charge in [0, 0.05) is 18.2 Å². The van der Waals surface area contributed by atoms with Crippen molar-refractivity contribution >= 4 is 16.8 Å². The molecule has 1 rings (SSSR count). The van der Waals surface area contributed by atoms with Crippen molar-refractivity contribution in [3.05, 3.63) is 29.6 Å². The molecule has 0 fully saturated rings. The number of alkyl halides is 2. The Morgan fingerprint density at radius 3 is 2.57 bits per heavy atom. The van der Waals surface area contributed by atoms with Crippen LogP contribution in [0.2, 0.25) is 0 Å². The molecule has 0 unspecified atom stereocenters. The summed E-state index contributed by atoms with van der Waals surface area (Å²) in [7, 11) is 0. The fourth-order valence-corrected chi connectivity index (χ4v) is 1.04. The number of hydrogen-bond acceptors (Lipinski definition) is 2. The van der Waals surface area contributed by atoms with E-state index in [1.807, 2.05) is 0 Å². The second-order valence-electron chi connectivity index (χ2n) is 2.76. The molecule has 5 heteroatoms. The van der Waals surface area contributed by atoms with E-state index in [0.29, 0.717) is 0 Å². The summed E-state index contributed by atoms with van der Waals surface area (Å²) in [4.78, 5) is 14.1. The summed E-state index contributed by atoms with van der Waals surface area (Å²) in [5.74, 6) is -2.90.